The first-order chi connectivity index (χ1) is 5.81. The Bertz CT molecular complexity index is 81.1. The molecule has 0 aliphatic rings. The van der Waals surface area contributed by atoms with E-state index in [1.54, 1.807) is 0 Å². The SMILES string of the molecule is CCCC(C)CCCCCCN. The van der Waals surface area contributed by atoms with Crippen molar-refractivity contribution in [2.45, 2.75) is 58.8 Å². The van der Waals surface area contributed by atoms with Crippen molar-refractivity contribution < 1.29 is 0 Å². The third-order valence-corrected chi connectivity index (χ3v) is 2.43. The molecule has 0 heterocycles. The highest BCUT2D eigenvalue weighted by Crippen LogP contribution is 2.14. The predicted molar refractivity (Wildman–Crippen MR) is 56.2 cm³/mol. The molecule has 2 N–H and O–H groups in total. The highest BCUT2D eigenvalue weighted by molar-refractivity contribution is 4.53. The lowest BCUT2D eigenvalue weighted by atomic mass is 9.98. The molecule has 0 aromatic rings. The zero-order chi connectivity index (χ0) is 9.23. The number of hydrogen-bond acceptors (Lipinski definition) is 1. The van der Waals surface area contributed by atoms with Crippen molar-refractivity contribution in [3.05, 3.63) is 0 Å². The molecule has 12 heavy (non-hydrogen) atoms. The fraction of sp³-hybridized carbons (Fsp3) is 1.00. The van der Waals surface area contributed by atoms with E-state index in [4.69, 9.17) is 5.73 Å². The van der Waals surface area contributed by atoms with Crippen molar-refractivity contribution in [2.75, 3.05) is 6.54 Å². The van der Waals surface area contributed by atoms with Gasteiger partial charge in [-0.3, -0.25) is 0 Å². The van der Waals surface area contributed by atoms with Gasteiger partial charge >= 0.3 is 0 Å². The van der Waals surface area contributed by atoms with Crippen LogP contribution in [0.3, 0.4) is 0 Å². The molecule has 0 aliphatic heterocycles. The molecule has 0 aromatic heterocycles. The van der Waals surface area contributed by atoms with Gasteiger partial charge in [0.2, 0.25) is 0 Å². The number of hydrogen-bond donors (Lipinski definition) is 1. The molecule has 1 atom stereocenters. The summed E-state index contributed by atoms with van der Waals surface area (Å²) >= 11 is 0. The summed E-state index contributed by atoms with van der Waals surface area (Å²) < 4.78 is 0. The molecule has 0 fully saturated rings. The zero-order valence-electron chi connectivity index (χ0n) is 8.81. The first-order valence-corrected chi connectivity index (χ1v) is 5.51. The van der Waals surface area contributed by atoms with E-state index in [-0.39, 0.29) is 0 Å². The van der Waals surface area contributed by atoms with Crippen LogP contribution < -0.4 is 5.73 Å². The minimum Gasteiger partial charge on any atom is -0.330 e. The third-order valence-electron chi connectivity index (χ3n) is 2.43. The minimum atomic E-state index is 0.866. The van der Waals surface area contributed by atoms with Gasteiger partial charge in [0, 0.05) is 0 Å². The Hall–Kier alpha value is -0.0400. The van der Waals surface area contributed by atoms with Gasteiger partial charge in [-0.25, -0.2) is 0 Å². The van der Waals surface area contributed by atoms with Crippen LogP contribution in [-0.4, -0.2) is 6.54 Å². The van der Waals surface area contributed by atoms with Crippen molar-refractivity contribution in [3.8, 4) is 0 Å². The Morgan fingerprint density at radius 1 is 1.00 bits per heavy atom. The standard InChI is InChI=1S/C11H25N/c1-3-8-11(2)9-6-4-5-7-10-12/h11H,3-10,12H2,1-2H3. The summed E-state index contributed by atoms with van der Waals surface area (Å²) in [6, 6.07) is 0. The van der Waals surface area contributed by atoms with Crippen LogP contribution in [0.1, 0.15) is 58.8 Å². The van der Waals surface area contributed by atoms with E-state index in [0.717, 1.165) is 12.5 Å². The van der Waals surface area contributed by atoms with Crippen LogP contribution in [0.5, 0.6) is 0 Å². The summed E-state index contributed by atoms with van der Waals surface area (Å²) in [6.45, 7) is 5.50. The quantitative estimate of drug-likeness (QED) is 0.557. The van der Waals surface area contributed by atoms with Gasteiger partial charge in [0.15, 0.2) is 0 Å². The predicted octanol–water partition coefficient (Wildman–Crippen LogP) is 3.33. The average molecular weight is 171 g/mol. The van der Waals surface area contributed by atoms with Gasteiger partial charge in [-0.15, -0.1) is 0 Å². The van der Waals surface area contributed by atoms with Crippen LogP contribution in [-0.2, 0) is 0 Å². The van der Waals surface area contributed by atoms with Crippen LogP contribution >= 0.6 is 0 Å². The van der Waals surface area contributed by atoms with Crippen molar-refractivity contribution in [2.24, 2.45) is 11.7 Å². The van der Waals surface area contributed by atoms with Gasteiger partial charge in [0.1, 0.15) is 0 Å². The smallest absolute Gasteiger partial charge is 0.00773 e. The largest absolute Gasteiger partial charge is 0.330 e. The third kappa shape index (κ3) is 8.06. The Labute approximate surface area is 77.7 Å². The number of nitrogens with two attached hydrogens (primary N) is 1. The minimum absolute atomic E-state index is 0.866. The molecule has 74 valence electrons. The molecule has 0 aromatic carbocycles. The molecule has 0 rings (SSSR count). The van der Waals surface area contributed by atoms with E-state index in [1.165, 1.54) is 44.9 Å². The van der Waals surface area contributed by atoms with Crippen LogP contribution in [0.4, 0.5) is 0 Å². The van der Waals surface area contributed by atoms with Crippen LogP contribution in [0.2, 0.25) is 0 Å². The van der Waals surface area contributed by atoms with E-state index in [1.807, 2.05) is 0 Å². The van der Waals surface area contributed by atoms with Crippen LogP contribution in [0.25, 0.3) is 0 Å². The second-order valence-electron chi connectivity index (χ2n) is 3.89. The summed E-state index contributed by atoms with van der Waals surface area (Å²) in [6.07, 6.45) is 9.48. The highest BCUT2D eigenvalue weighted by Gasteiger charge is 1.99. The summed E-state index contributed by atoms with van der Waals surface area (Å²) in [5, 5.41) is 0. The van der Waals surface area contributed by atoms with Crippen molar-refractivity contribution >= 4 is 0 Å². The van der Waals surface area contributed by atoms with Gasteiger partial charge in [-0.2, -0.15) is 0 Å². The molecule has 0 amide bonds. The molecule has 1 unspecified atom stereocenters. The molecule has 0 aliphatic carbocycles. The molecule has 0 saturated heterocycles. The normalized spacial score (nSPS) is 13.2. The Balaban J connectivity index is 2.97. The van der Waals surface area contributed by atoms with E-state index < -0.39 is 0 Å². The van der Waals surface area contributed by atoms with E-state index >= 15 is 0 Å². The number of rotatable bonds is 8. The second kappa shape index (κ2) is 9.05. The van der Waals surface area contributed by atoms with Crippen molar-refractivity contribution in [3.63, 3.8) is 0 Å². The Kier molecular flexibility index (Phi) is 9.02. The maximum absolute atomic E-state index is 5.42. The Morgan fingerprint density at radius 2 is 1.67 bits per heavy atom. The van der Waals surface area contributed by atoms with Gasteiger partial charge in [-0.05, 0) is 18.9 Å². The maximum atomic E-state index is 5.42. The van der Waals surface area contributed by atoms with Gasteiger partial charge in [0.25, 0.3) is 0 Å². The molecule has 0 bridgehead atoms. The number of unbranched alkanes of at least 4 members (excludes halogenated alkanes) is 3. The fourth-order valence-electron chi connectivity index (χ4n) is 1.63. The summed E-state index contributed by atoms with van der Waals surface area (Å²) in [5.74, 6) is 0.938. The molecule has 1 nitrogen and oxygen atoms in total. The lowest BCUT2D eigenvalue weighted by Crippen LogP contribution is -1.98. The van der Waals surface area contributed by atoms with Crippen molar-refractivity contribution in [1.82, 2.24) is 0 Å². The molecule has 0 radical (unpaired) electrons. The molecule has 0 spiro atoms. The first-order valence-electron chi connectivity index (χ1n) is 5.51. The van der Waals surface area contributed by atoms with Gasteiger partial charge in [-0.1, -0.05) is 52.4 Å². The topological polar surface area (TPSA) is 26.0 Å². The zero-order valence-corrected chi connectivity index (χ0v) is 8.81. The fourth-order valence-corrected chi connectivity index (χ4v) is 1.63. The monoisotopic (exact) mass is 171 g/mol. The van der Waals surface area contributed by atoms with E-state index in [9.17, 15) is 0 Å². The summed E-state index contributed by atoms with van der Waals surface area (Å²) in [4.78, 5) is 0. The van der Waals surface area contributed by atoms with E-state index in [0.29, 0.717) is 0 Å². The molecule has 0 saturated carbocycles. The van der Waals surface area contributed by atoms with Crippen LogP contribution in [0, 0.1) is 5.92 Å². The van der Waals surface area contributed by atoms with Crippen molar-refractivity contribution in [1.29, 1.82) is 0 Å². The van der Waals surface area contributed by atoms with Gasteiger partial charge in [0.05, 0.1) is 0 Å². The summed E-state index contributed by atoms with van der Waals surface area (Å²) in [7, 11) is 0. The van der Waals surface area contributed by atoms with Crippen LogP contribution in [0.15, 0.2) is 0 Å². The average Bonchev–Trinajstić information content (AvgIpc) is 2.05. The second-order valence-corrected chi connectivity index (χ2v) is 3.89. The lowest BCUT2D eigenvalue weighted by Gasteiger charge is -2.08. The Morgan fingerprint density at radius 3 is 2.25 bits per heavy atom. The lowest BCUT2D eigenvalue weighted by molar-refractivity contribution is 0.454. The summed E-state index contributed by atoms with van der Waals surface area (Å²) in [5.41, 5.74) is 5.42. The maximum Gasteiger partial charge on any atom is -0.00773 e. The first kappa shape index (κ1) is 12.0. The highest BCUT2D eigenvalue weighted by atomic mass is 14.5. The van der Waals surface area contributed by atoms with E-state index in [2.05, 4.69) is 13.8 Å². The molecular formula is C11H25N. The molecular weight excluding hydrogens is 146 g/mol. The molecule has 1 heteroatoms. The van der Waals surface area contributed by atoms with Gasteiger partial charge < -0.3 is 5.73 Å².